The Kier molecular flexibility index (Phi) is 2.71. The molecule has 2 amide bonds. The van der Waals surface area contributed by atoms with Gasteiger partial charge in [-0.15, -0.1) is 0 Å². The van der Waals surface area contributed by atoms with Crippen molar-refractivity contribution in [3.8, 4) is 0 Å². The number of allylic oxidation sites excluding steroid dienone is 2. The van der Waals surface area contributed by atoms with Crippen LogP contribution in [0.3, 0.4) is 0 Å². The first-order valence-corrected chi connectivity index (χ1v) is 8.78. The number of imide groups is 1. The van der Waals surface area contributed by atoms with Gasteiger partial charge < -0.3 is 0 Å². The second kappa shape index (κ2) is 4.53. The maximum Gasteiger partial charge on any atom is 0.294 e. The Bertz CT molecular complexity index is 815. The highest BCUT2D eigenvalue weighted by Gasteiger charge is 2.67. The molecule has 6 rings (SSSR count). The lowest BCUT2D eigenvalue weighted by Gasteiger charge is -2.37. The van der Waals surface area contributed by atoms with Crippen molar-refractivity contribution in [1.82, 2.24) is 0 Å². The number of hydrogen-bond donors (Lipinski definition) is 0. The van der Waals surface area contributed by atoms with Crippen molar-refractivity contribution >= 4 is 39.1 Å². The molecule has 0 spiro atoms. The van der Waals surface area contributed by atoms with Gasteiger partial charge >= 0.3 is 0 Å². The highest BCUT2D eigenvalue weighted by Crippen LogP contribution is 2.65. The van der Waals surface area contributed by atoms with E-state index in [4.69, 9.17) is 0 Å². The molecular formula is C17H13BrN2O4. The zero-order valence-electron chi connectivity index (χ0n) is 12.5. The Morgan fingerprint density at radius 2 is 1.67 bits per heavy atom. The third-order valence-electron chi connectivity index (χ3n) is 6.04. The van der Waals surface area contributed by atoms with Crippen LogP contribution in [-0.2, 0) is 9.59 Å². The summed E-state index contributed by atoms with van der Waals surface area (Å²) in [6.45, 7) is 0. The Labute approximate surface area is 145 Å². The summed E-state index contributed by atoms with van der Waals surface area (Å²) in [5, 5.41) is 11.4. The van der Waals surface area contributed by atoms with Crippen LogP contribution in [0.5, 0.6) is 0 Å². The number of nitro benzene ring substituents is 1. The number of amides is 2. The van der Waals surface area contributed by atoms with Gasteiger partial charge in [-0.3, -0.25) is 19.7 Å². The largest absolute Gasteiger partial charge is 0.294 e. The van der Waals surface area contributed by atoms with E-state index in [1.807, 2.05) is 0 Å². The van der Waals surface area contributed by atoms with Gasteiger partial charge in [-0.25, -0.2) is 4.90 Å². The van der Waals surface area contributed by atoms with E-state index in [1.54, 1.807) is 6.07 Å². The van der Waals surface area contributed by atoms with Crippen molar-refractivity contribution in [2.24, 2.45) is 35.5 Å². The maximum absolute atomic E-state index is 13.0. The molecule has 1 saturated heterocycles. The zero-order valence-corrected chi connectivity index (χ0v) is 14.0. The second-order valence-electron chi connectivity index (χ2n) is 7.06. The Morgan fingerprint density at radius 3 is 2.21 bits per heavy atom. The molecule has 1 aromatic carbocycles. The van der Waals surface area contributed by atoms with E-state index in [0.717, 1.165) is 11.3 Å². The highest BCUT2D eigenvalue weighted by atomic mass is 79.9. The minimum atomic E-state index is -0.549. The summed E-state index contributed by atoms with van der Waals surface area (Å²) >= 11 is 3.20. The Balaban J connectivity index is 1.61. The predicted molar refractivity (Wildman–Crippen MR) is 88.0 cm³/mol. The molecule has 6 atom stereocenters. The maximum atomic E-state index is 13.0. The SMILES string of the molecule is O=C1[C@@H]2[C@H]3C=C[C@@H]([C@@H]4C[C@H]34)[C@H]2C(=O)N1c1ccc(Br)cc1[N+](=O)[O-]. The van der Waals surface area contributed by atoms with Crippen LogP contribution in [0.2, 0.25) is 0 Å². The smallest absolute Gasteiger partial charge is 0.274 e. The van der Waals surface area contributed by atoms with Crippen molar-refractivity contribution in [2.45, 2.75) is 6.42 Å². The van der Waals surface area contributed by atoms with Crippen LogP contribution in [0.1, 0.15) is 6.42 Å². The van der Waals surface area contributed by atoms with Crippen molar-refractivity contribution in [2.75, 3.05) is 4.90 Å². The number of hydrogen-bond acceptors (Lipinski definition) is 4. The van der Waals surface area contributed by atoms with Gasteiger partial charge in [0.25, 0.3) is 5.69 Å². The zero-order chi connectivity index (χ0) is 16.7. The standard InChI is InChI=1S/C17H13BrN2O4/c18-7-1-4-12(13(5-7)20(23)24)19-16(21)14-8-2-3-9(11-6-10(8)11)15(14)17(19)22/h1-5,8-11,14-15H,6H2/t8-,9-,10-,11+,14+,15+/m0/s1. The molecule has 122 valence electrons. The Hall–Kier alpha value is -2.02. The average Bonchev–Trinajstić information content (AvgIpc) is 3.33. The summed E-state index contributed by atoms with van der Waals surface area (Å²) in [5.74, 6) is -0.00290. The van der Waals surface area contributed by atoms with Crippen molar-refractivity contribution in [3.05, 3.63) is 44.9 Å². The third kappa shape index (κ3) is 1.65. The minimum absolute atomic E-state index is 0.0840. The van der Waals surface area contributed by atoms with E-state index in [1.165, 1.54) is 12.1 Å². The summed E-state index contributed by atoms with van der Waals surface area (Å²) in [6, 6.07) is 4.43. The number of nitrogens with zero attached hydrogens (tertiary/aromatic N) is 2. The van der Waals surface area contributed by atoms with E-state index >= 15 is 0 Å². The molecule has 7 heteroatoms. The first-order valence-electron chi connectivity index (χ1n) is 7.99. The van der Waals surface area contributed by atoms with Crippen LogP contribution in [0, 0.1) is 45.6 Å². The van der Waals surface area contributed by atoms with Gasteiger partial charge in [0.2, 0.25) is 11.8 Å². The summed E-state index contributed by atoms with van der Waals surface area (Å²) in [4.78, 5) is 37.9. The number of rotatable bonds is 2. The molecule has 24 heavy (non-hydrogen) atoms. The van der Waals surface area contributed by atoms with Gasteiger partial charge in [0.1, 0.15) is 5.69 Å². The number of halogens is 1. The molecule has 0 aromatic heterocycles. The molecule has 6 nitrogen and oxygen atoms in total. The van der Waals surface area contributed by atoms with Gasteiger partial charge in [-0.05, 0) is 42.2 Å². The van der Waals surface area contributed by atoms with Crippen LogP contribution in [0.15, 0.2) is 34.8 Å². The number of carbonyl (C=O) groups excluding carboxylic acids is 2. The lowest BCUT2D eigenvalue weighted by molar-refractivity contribution is -0.384. The fourth-order valence-corrected chi connectivity index (χ4v) is 5.38. The average molecular weight is 389 g/mol. The van der Waals surface area contributed by atoms with Crippen LogP contribution in [0.4, 0.5) is 11.4 Å². The lowest BCUT2D eigenvalue weighted by atomic mass is 9.63. The first-order chi connectivity index (χ1) is 11.5. The summed E-state index contributed by atoms with van der Waals surface area (Å²) in [7, 11) is 0. The van der Waals surface area contributed by atoms with Gasteiger partial charge in [-0.2, -0.15) is 0 Å². The number of carbonyl (C=O) groups is 2. The van der Waals surface area contributed by atoms with E-state index in [0.29, 0.717) is 16.3 Å². The van der Waals surface area contributed by atoms with Crippen LogP contribution >= 0.6 is 15.9 Å². The fourth-order valence-electron chi connectivity index (χ4n) is 5.03. The molecule has 5 aliphatic rings. The summed E-state index contributed by atoms with van der Waals surface area (Å²) < 4.78 is 0.539. The number of nitro groups is 1. The predicted octanol–water partition coefficient (Wildman–Crippen LogP) is 2.91. The van der Waals surface area contributed by atoms with Gasteiger partial charge in [0, 0.05) is 10.5 Å². The molecule has 1 aliphatic heterocycles. The quantitative estimate of drug-likeness (QED) is 0.337. The van der Waals surface area contributed by atoms with Gasteiger partial charge in [0.15, 0.2) is 0 Å². The van der Waals surface area contributed by atoms with Gasteiger partial charge in [-0.1, -0.05) is 28.1 Å². The van der Waals surface area contributed by atoms with E-state index in [9.17, 15) is 19.7 Å². The normalized spacial score (nSPS) is 38.3. The highest BCUT2D eigenvalue weighted by molar-refractivity contribution is 9.10. The molecule has 0 unspecified atom stereocenters. The molecular weight excluding hydrogens is 376 g/mol. The molecule has 4 aliphatic carbocycles. The van der Waals surface area contributed by atoms with E-state index < -0.39 is 4.92 Å². The summed E-state index contributed by atoms with van der Waals surface area (Å²) in [6.07, 6.45) is 5.27. The topological polar surface area (TPSA) is 80.5 Å². The molecule has 2 bridgehead atoms. The second-order valence-corrected chi connectivity index (χ2v) is 7.97. The van der Waals surface area contributed by atoms with Gasteiger partial charge in [0.05, 0.1) is 16.8 Å². The third-order valence-corrected chi connectivity index (χ3v) is 6.53. The van der Waals surface area contributed by atoms with Crippen molar-refractivity contribution < 1.29 is 14.5 Å². The van der Waals surface area contributed by atoms with Crippen LogP contribution < -0.4 is 4.90 Å². The number of benzene rings is 1. The molecule has 1 heterocycles. The van der Waals surface area contributed by atoms with Crippen LogP contribution in [0.25, 0.3) is 0 Å². The molecule has 3 fully saturated rings. The summed E-state index contributed by atoms with van der Waals surface area (Å²) in [5.41, 5.74) is -0.143. The van der Waals surface area contributed by atoms with Crippen LogP contribution in [-0.4, -0.2) is 16.7 Å². The molecule has 0 N–H and O–H groups in total. The van der Waals surface area contributed by atoms with E-state index in [2.05, 4.69) is 28.1 Å². The Morgan fingerprint density at radius 1 is 1.08 bits per heavy atom. The van der Waals surface area contributed by atoms with Crippen molar-refractivity contribution in [3.63, 3.8) is 0 Å². The molecule has 1 aromatic rings. The molecule has 0 radical (unpaired) electrons. The lowest BCUT2D eigenvalue weighted by Crippen LogP contribution is -2.40. The minimum Gasteiger partial charge on any atom is -0.274 e. The van der Waals surface area contributed by atoms with Crippen molar-refractivity contribution in [1.29, 1.82) is 0 Å². The molecule has 2 saturated carbocycles. The van der Waals surface area contributed by atoms with E-state index in [-0.39, 0.29) is 46.9 Å². The first kappa shape index (κ1) is 14.3. The fraction of sp³-hybridized carbons (Fsp3) is 0.412. The number of anilines is 1. The monoisotopic (exact) mass is 388 g/mol.